The number of carbonyl (C=O) groups excluding carboxylic acids is 2. The van der Waals surface area contributed by atoms with E-state index in [0.717, 1.165) is 29.1 Å². The topological polar surface area (TPSA) is 66.4 Å². The molecule has 0 radical (unpaired) electrons. The summed E-state index contributed by atoms with van der Waals surface area (Å²) in [4.78, 5) is 38.5. The molecule has 1 amide bonds. The van der Waals surface area contributed by atoms with Crippen LogP contribution in [0.15, 0.2) is 42.0 Å². The summed E-state index contributed by atoms with van der Waals surface area (Å²) in [7, 11) is 0. The Balaban J connectivity index is 1.31. The van der Waals surface area contributed by atoms with Crippen LogP contribution in [0.2, 0.25) is 5.02 Å². The number of benzene rings is 1. The third kappa shape index (κ3) is 4.00. The molecule has 8 heteroatoms. The fourth-order valence-electron chi connectivity index (χ4n) is 3.36. The van der Waals surface area contributed by atoms with Gasteiger partial charge in [0, 0.05) is 49.6 Å². The number of rotatable bonds is 5. The molecule has 3 aromatic rings. The number of thiophene rings is 1. The number of Topliss-reactive ketones (excluding diaryl/α,β-unsaturated/α-hetero) is 1. The van der Waals surface area contributed by atoms with Gasteiger partial charge in [-0.05, 0) is 35.7 Å². The minimum absolute atomic E-state index is 0.0188. The first kappa shape index (κ1) is 18.8. The number of amides is 1. The van der Waals surface area contributed by atoms with Crippen LogP contribution in [0.3, 0.4) is 0 Å². The first-order valence-electron chi connectivity index (χ1n) is 9.11. The Kier molecular flexibility index (Phi) is 5.54. The summed E-state index contributed by atoms with van der Waals surface area (Å²) in [5, 5.41) is 3.66. The van der Waals surface area contributed by atoms with Crippen LogP contribution in [0.25, 0.3) is 10.2 Å². The van der Waals surface area contributed by atoms with Crippen LogP contribution in [-0.4, -0.2) is 52.7 Å². The normalized spacial score (nSPS) is 14.5. The second-order valence-corrected chi connectivity index (χ2v) is 7.97. The standard InChI is InChI=1S/C20H19ClN4O2S/c21-15-3-1-14(2-4-15)17(26)5-6-18(27)24-8-10-25(11-9-24)19-16-7-12-28-20(16)23-13-22-19/h1-4,7,12-13H,5-6,8-11H2. The molecule has 0 N–H and O–H groups in total. The molecule has 4 rings (SSSR count). The number of ketones is 1. The highest BCUT2D eigenvalue weighted by molar-refractivity contribution is 7.16. The fourth-order valence-corrected chi connectivity index (χ4v) is 4.21. The van der Waals surface area contributed by atoms with Gasteiger partial charge in [0.15, 0.2) is 5.78 Å². The minimum Gasteiger partial charge on any atom is -0.352 e. The number of anilines is 1. The maximum Gasteiger partial charge on any atom is 0.223 e. The summed E-state index contributed by atoms with van der Waals surface area (Å²) in [5.74, 6) is 0.908. The van der Waals surface area contributed by atoms with E-state index in [1.54, 1.807) is 41.9 Å². The van der Waals surface area contributed by atoms with Gasteiger partial charge in [-0.3, -0.25) is 9.59 Å². The van der Waals surface area contributed by atoms with Crippen LogP contribution in [0.5, 0.6) is 0 Å². The van der Waals surface area contributed by atoms with Gasteiger partial charge < -0.3 is 9.80 Å². The lowest BCUT2D eigenvalue weighted by Crippen LogP contribution is -2.49. The third-order valence-electron chi connectivity index (χ3n) is 4.90. The summed E-state index contributed by atoms with van der Waals surface area (Å²) >= 11 is 7.44. The SMILES string of the molecule is O=C(CCC(=O)N1CCN(c2ncnc3sccc23)CC1)c1ccc(Cl)cc1. The van der Waals surface area contributed by atoms with Crippen molar-refractivity contribution in [3.05, 3.63) is 52.6 Å². The Morgan fingerprint density at radius 3 is 2.50 bits per heavy atom. The van der Waals surface area contributed by atoms with Gasteiger partial charge in [0.2, 0.25) is 5.91 Å². The number of piperazine rings is 1. The molecule has 2 aromatic heterocycles. The predicted octanol–water partition coefficient (Wildman–Crippen LogP) is 3.66. The first-order valence-corrected chi connectivity index (χ1v) is 10.4. The van der Waals surface area contributed by atoms with Gasteiger partial charge in [0.05, 0.1) is 5.39 Å². The lowest BCUT2D eigenvalue weighted by molar-refractivity contribution is -0.131. The number of nitrogens with zero attached hydrogens (tertiary/aromatic N) is 4. The summed E-state index contributed by atoms with van der Waals surface area (Å²) in [6.45, 7) is 2.70. The number of hydrogen-bond acceptors (Lipinski definition) is 6. The molecule has 1 fully saturated rings. The van der Waals surface area contributed by atoms with E-state index in [1.807, 2.05) is 16.3 Å². The predicted molar refractivity (Wildman–Crippen MR) is 111 cm³/mol. The highest BCUT2D eigenvalue weighted by Gasteiger charge is 2.23. The van der Waals surface area contributed by atoms with E-state index in [0.29, 0.717) is 23.7 Å². The molecule has 0 saturated carbocycles. The summed E-state index contributed by atoms with van der Waals surface area (Å²) in [6.07, 6.45) is 2.03. The van der Waals surface area contributed by atoms with Gasteiger partial charge in [0.1, 0.15) is 17.0 Å². The zero-order valence-corrected chi connectivity index (χ0v) is 16.7. The number of carbonyl (C=O) groups is 2. The van der Waals surface area contributed by atoms with Gasteiger partial charge in [-0.1, -0.05) is 11.6 Å². The quantitative estimate of drug-likeness (QED) is 0.596. The Hall–Kier alpha value is -2.51. The fraction of sp³-hybridized carbons (Fsp3) is 0.300. The molecule has 1 aliphatic heterocycles. The number of aromatic nitrogens is 2. The van der Waals surface area contributed by atoms with Gasteiger partial charge in [-0.25, -0.2) is 9.97 Å². The first-order chi connectivity index (χ1) is 13.6. The van der Waals surface area contributed by atoms with Crippen molar-refractivity contribution in [1.29, 1.82) is 0 Å². The van der Waals surface area contributed by atoms with E-state index in [9.17, 15) is 9.59 Å². The molecule has 3 heterocycles. The number of fused-ring (bicyclic) bond motifs is 1. The summed E-state index contributed by atoms with van der Waals surface area (Å²) < 4.78 is 0. The van der Waals surface area contributed by atoms with Crippen LogP contribution < -0.4 is 4.90 Å². The van der Waals surface area contributed by atoms with E-state index < -0.39 is 0 Å². The highest BCUT2D eigenvalue weighted by Crippen LogP contribution is 2.27. The van der Waals surface area contributed by atoms with Crippen LogP contribution in [0, 0.1) is 0 Å². The zero-order valence-electron chi connectivity index (χ0n) is 15.2. The van der Waals surface area contributed by atoms with Gasteiger partial charge in [-0.2, -0.15) is 0 Å². The molecule has 144 valence electrons. The van der Waals surface area contributed by atoms with E-state index in [2.05, 4.69) is 14.9 Å². The van der Waals surface area contributed by atoms with Crippen LogP contribution in [0.4, 0.5) is 5.82 Å². The summed E-state index contributed by atoms with van der Waals surface area (Å²) in [5.41, 5.74) is 0.588. The van der Waals surface area contributed by atoms with Crippen molar-refractivity contribution in [3.8, 4) is 0 Å². The molecular weight excluding hydrogens is 396 g/mol. The highest BCUT2D eigenvalue weighted by atomic mass is 35.5. The van der Waals surface area contributed by atoms with Gasteiger partial charge in [-0.15, -0.1) is 11.3 Å². The molecule has 0 aliphatic carbocycles. The molecule has 0 unspecified atom stereocenters. The zero-order chi connectivity index (χ0) is 19.5. The minimum atomic E-state index is -0.0375. The third-order valence-corrected chi connectivity index (χ3v) is 5.98. The van der Waals surface area contributed by atoms with Crippen LogP contribution in [-0.2, 0) is 4.79 Å². The van der Waals surface area contributed by atoms with Crippen molar-refractivity contribution in [3.63, 3.8) is 0 Å². The molecule has 1 aromatic carbocycles. The Morgan fingerprint density at radius 2 is 1.75 bits per heavy atom. The van der Waals surface area contributed by atoms with Crippen LogP contribution >= 0.6 is 22.9 Å². The van der Waals surface area contributed by atoms with Crippen molar-refractivity contribution in [2.24, 2.45) is 0 Å². The Labute approximate surface area is 171 Å². The Bertz CT molecular complexity index is 997. The maximum absolute atomic E-state index is 12.5. The average molecular weight is 415 g/mol. The molecule has 6 nitrogen and oxygen atoms in total. The monoisotopic (exact) mass is 414 g/mol. The van der Waals surface area contributed by atoms with Gasteiger partial charge in [0.25, 0.3) is 0 Å². The van der Waals surface area contributed by atoms with Crippen molar-refractivity contribution in [1.82, 2.24) is 14.9 Å². The number of hydrogen-bond donors (Lipinski definition) is 0. The van der Waals surface area contributed by atoms with Crippen molar-refractivity contribution in [2.45, 2.75) is 12.8 Å². The molecule has 0 atom stereocenters. The van der Waals surface area contributed by atoms with Crippen molar-refractivity contribution in [2.75, 3.05) is 31.1 Å². The number of halogens is 1. The lowest BCUT2D eigenvalue weighted by atomic mass is 10.1. The largest absolute Gasteiger partial charge is 0.352 e. The molecule has 28 heavy (non-hydrogen) atoms. The molecular formula is C20H19ClN4O2S. The molecule has 1 aliphatic rings. The van der Waals surface area contributed by atoms with E-state index in [-0.39, 0.29) is 24.5 Å². The lowest BCUT2D eigenvalue weighted by Gasteiger charge is -2.35. The Morgan fingerprint density at radius 1 is 1.00 bits per heavy atom. The van der Waals surface area contributed by atoms with Crippen LogP contribution in [0.1, 0.15) is 23.2 Å². The van der Waals surface area contributed by atoms with Crippen molar-refractivity contribution >= 4 is 50.7 Å². The summed E-state index contributed by atoms with van der Waals surface area (Å²) in [6, 6.07) is 8.80. The smallest absolute Gasteiger partial charge is 0.223 e. The van der Waals surface area contributed by atoms with E-state index in [4.69, 9.17) is 11.6 Å². The molecule has 0 spiro atoms. The van der Waals surface area contributed by atoms with Gasteiger partial charge >= 0.3 is 0 Å². The average Bonchev–Trinajstić information content (AvgIpc) is 3.21. The second kappa shape index (κ2) is 8.24. The van der Waals surface area contributed by atoms with E-state index >= 15 is 0 Å². The molecule has 1 saturated heterocycles. The van der Waals surface area contributed by atoms with E-state index in [1.165, 1.54) is 0 Å². The maximum atomic E-state index is 12.5. The second-order valence-electron chi connectivity index (χ2n) is 6.63. The van der Waals surface area contributed by atoms with Crippen molar-refractivity contribution < 1.29 is 9.59 Å². The molecule has 0 bridgehead atoms.